The van der Waals surface area contributed by atoms with Crippen molar-refractivity contribution in [3.8, 4) is 17.0 Å². The van der Waals surface area contributed by atoms with Gasteiger partial charge in [0.2, 0.25) is 0 Å². The Morgan fingerprint density at radius 3 is 2.94 bits per heavy atom. The first-order valence-corrected chi connectivity index (χ1v) is 5.95. The molecule has 1 aromatic heterocycles. The molecule has 1 aromatic carbocycles. The van der Waals surface area contributed by atoms with E-state index < -0.39 is 0 Å². The van der Waals surface area contributed by atoms with Gasteiger partial charge in [0, 0.05) is 18.2 Å². The van der Waals surface area contributed by atoms with Crippen LogP contribution in [-0.4, -0.2) is 9.78 Å². The summed E-state index contributed by atoms with van der Waals surface area (Å²) in [6.07, 6.45) is 1.89. The lowest BCUT2D eigenvalue weighted by Gasteiger charge is -2.22. The third-order valence-electron chi connectivity index (χ3n) is 3.31. The Hall–Kier alpha value is -1.77. The van der Waals surface area contributed by atoms with Crippen LogP contribution in [0.25, 0.3) is 11.3 Å². The zero-order chi connectivity index (χ0) is 12.0. The molecule has 0 fully saturated rings. The summed E-state index contributed by atoms with van der Waals surface area (Å²) < 4.78 is 7.83. The van der Waals surface area contributed by atoms with Crippen LogP contribution in [0.3, 0.4) is 0 Å². The van der Waals surface area contributed by atoms with Crippen molar-refractivity contribution in [3.63, 3.8) is 0 Å². The summed E-state index contributed by atoms with van der Waals surface area (Å²) in [7, 11) is 1.98. The quantitative estimate of drug-likeness (QED) is 0.750. The smallest absolute Gasteiger partial charge is 0.132 e. The van der Waals surface area contributed by atoms with Gasteiger partial charge in [0.25, 0.3) is 0 Å². The Morgan fingerprint density at radius 2 is 2.18 bits per heavy atom. The maximum atomic E-state index is 5.90. The lowest BCUT2D eigenvalue weighted by Crippen LogP contribution is -2.09. The normalized spacial score (nSPS) is 13.2. The van der Waals surface area contributed by atoms with Crippen LogP contribution >= 0.6 is 0 Å². The third-order valence-corrected chi connectivity index (χ3v) is 3.31. The summed E-state index contributed by atoms with van der Waals surface area (Å²) in [6.45, 7) is 5.01. The summed E-state index contributed by atoms with van der Waals surface area (Å²) in [5, 5.41) is 4.31. The van der Waals surface area contributed by atoms with Crippen molar-refractivity contribution in [2.24, 2.45) is 7.05 Å². The van der Waals surface area contributed by atoms with Gasteiger partial charge in [-0.3, -0.25) is 4.68 Å². The van der Waals surface area contributed by atoms with Crippen molar-refractivity contribution < 1.29 is 4.74 Å². The first kappa shape index (κ1) is 10.4. The Bertz CT molecular complexity index is 570. The van der Waals surface area contributed by atoms with E-state index in [1.54, 1.807) is 0 Å². The van der Waals surface area contributed by atoms with Crippen LogP contribution in [0.1, 0.15) is 30.9 Å². The maximum Gasteiger partial charge on any atom is 0.132 e. The highest BCUT2D eigenvalue weighted by molar-refractivity contribution is 5.74. The molecule has 3 heteroatoms. The lowest BCUT2D eigenvalue weighted by molar-refractivity contribution is 0.297. The Labute approximate surface area is 101 Å². The van der Waals surface area contributed by atoms with E-state index in [1.807, 2.05) is 17.9 Å². The number of hydrogen-bond acceptors (Lipinski definition) is 2. The maximum absolute atomic E-state index is 5.90. The highest BCUT2D eigenvalue weighted by Crippen LogP contribution is 2.41. The summed E-state index contributed by atoms with van der Waals surface area (Å²) in [5.74, 6) is 1.50. The highest BCUT2D eigenvalue weighted by Gasteiger charge is 2.23. The molecule has 0 unspecified atom stereocenters. The topological polar surface area (TPSA) is 27.1 Å². The lowest BCUT2D eigenvalue weighted by atomic mass is 9.95. The predicted molar refractivity (Wildman–Crippen MR) is 67.1 cm³/mol. The second kappa shape index (κ2) is 3.62. The minimum absolute atomic E-state index is 0.472. The van der Waals surface area contributed by atoms with Gasteiger partial charge in [0.1, 0.15) is 12.4 Å². The largest absolute Gasteiger partial charge is 0.488 e. The molecular formula is C14H16N2O. The first-order valence-electron chi connectivity index (χ1n) is 5.95. The molecule has 1 aliphatic rings. The van der Waals surface area contributed by atoms with E-state index in [9.17, 15) is 0 Å². The molecule has 2 aromatic rings. The van der Waals surface area contributed by atoms with Crippen molar-refractivity contribution in [2.75, 3.05) is 0 Å². The average molecular weight is 228 g/mol. The molecule has 0 bridgehead atoms. The molecule has 3 rings (SSSR count). The van der Waals surface area contributed by atoms with Gasteiger partial charge in [-0.05, 0) is 17.5 Å². The van der Waals surface area contributed by atoms with Crippen LogP contribution in [0.15, 0.2) is 24.4 Å². The molecule has 0 N–H and O–H groups in total. The molecule has 88 valence electrons. The van der Waals surface area contributed by atoms with Gasteiger partial charge in [0.05, 0.1) is 11.9 Å². The van der Waals surface area contributed by atoms with E-state index in [0.717, 1.165) is 11.3 Å². The minimum Gasteiger partial charge on any atom is -0.488 e. The van der Waals surface area contributed by atoms with Crippen molar-refractivity contribution in [3.05, 3.63) is 35.5 Å². The number of benzene rings is 1. The van der Waals surface area contributed by atoms with Gasteiger partial charge < -0.3 is 4.74 Å². The van der Waals surface area contributed by atoms with Gasteiger partial charge in [-0.1, -0.05) is 26.0 Å². The number of fused-ring (bicyclic) bond motifs is 3. The molecule has 0 radical (unpaired) electrons. The second-order valence-electron chi connectivity index (χ2n) is 4.81. The molecule has 0 atom stereocenters. The highest BCUT2D eigenvalue weighted by atomic mass is 16.5. The molecule has 0 spiro atoms. The second-order valence-corrected chi connectivity index (χ2v) is 4.81. The molecule has 0 saturated heterocycles. The Morgan fingerprint density at radius 1 is 1.35 bits per heavy atom. The first-order chi connectivity index (χ1) is 8.18. The summed E-state index contributed by atoms with van der Waals surface area (Å²) >= 11 is 0. The third kappa shape index (κ3) is 1.46. The number of hydrogen-bond donors (Lipinski definition) is 0. The average Bonchev–Trinajstić information content (AvgIpc) is 2.70. The van der Waals surface area contributed by atoms with E-state index in [-0.39, 0.29) is 0 Å². The zero-order valence-electron chi connectivity index (χ0n) is 10.4. The molecule has 17 heavy (non-hydrogen) atoms. The van der Waals surface area contributed by atoms with E-state index in [1.165, 1.54) is 16.8 Å². The monoisotopic (exact) mass is 228 g/mol. The molecule has 2 heterocycles. The zero-order valence-corrected chi connectivity index (χ0v) is 10.4. The Balaban J connectivity index is 2.27. The summed E-state index contributed by atoms with van der Waals surface area (Å²) in [5.41, 5.74) is 4.79. The van der Waals surface area contributed by atoms with Crippen LogP contribution in [0.2, 0.25) is 0 Å². The van der Waals surface area contributed by atoms with Crippen molar-refractivity contribution in [2.45, 2.75) is 26.4 Å². The van der Waals surface area contributed by atoms with Gasteiger partial charge in [0.15, 0.2) is 0 Å². The fourth-order valence-electron chi connectivity index (χ4n) is 2.44. The van der Waals surface area contributed by atoms with Crippen molar-refractivity contribution >= 4 is 0 Å². The molecular weight excluding hydrogens is 212 g/mol. The summed E-state index contributed by atoms with van der Waals surface area (Å²) in [6, 6.07) is 6.35. The molecule has 0 saturated carbocycles. The van der Waals surface area contributed by atoms with Gasteiger partial charge in [-0.15, -0.1) is 0 Å². The van der Waals surface area contributed by atoms with Gasteiger partial charge >= 0.3 is 0 Å². The number of aromatic nitrogens is 2. The number of ether oxygens (including phenoxy) is 1. The fourth-order valence-corrected chi connectivity index (χ4v) is 2.44. The Kier molecular flexibility index (Phi) is 2.21. The van der Waals surface area contributed by atoms with Crippen LogP contribution in [0.4, 0.5) is 0 Å². The number of rotatable bonds is 1. The molecule has 1 aliphatic heterocycles. The SMILES string of the molecule is CC(C)c1cccc2c1OCc1cnn(C)c1-2. The molecule has 3 nitrogen and oxygen atoms in total. The van der Waals surface area contributed by atoms with Crippen LogP contribution in [0, 0.1) is 0 Å². The van der Waals surface area contributed by atoms with Crippen molar-refractivity contribution in [1.82, 2.24) is 9.78 Å². The number of aryl methyl sites for hydroxylation is 1. The molecule has 0 amide bonds. The summed E-state index contributed by atoms with van der Waals surface area (Å²) in [4.78, 5) is 0. The predicted octanol–water partition coefficient (Wildman–Crippen LogP) is 3.10. The van der Waals surface area contributed by atoms with E-state index in [2.05, 4.69) is 37.1 Å². The van der Waals surface area contributed by atoms with E-state index in [4.69, 9.17) is 4.74 Å². The van der Waals surface area contributed by atoms with Crippen molar-refractivity contribution in [1.29, 1.82) is 0 Å². The fraction of sp³-hybridized carbons (Fsp3) is 0.357. The van der Waals surface area contributed by atoms with Crippen LogP contribution in [0.5, 0.6) is 5.75 Å². The number of nitrogens with zero attached hydrogens (tertiary/aromatic N) is 2. The molecule has 0 aliphatic carbocycles. The minimum atomic E-state index is 0.472. The van der Waals surface area contributed by atoms with E-state index >= 15 is 0 Å². The number of para-hydroxylation sites is 1. The van der Waals surface area contributed by atoms with Crippen LogP contribution < -0.4 is 4.74 Å². The van der Waals surface area contributed by atoms with E-state index in [0.29, 0.717) is 12.5 Å². The van der Waals surface area contributed by atoms with Gasteiger partial charge in [-0.25, -0.2) is 0 Å². The van der Waals surface area contributed by atoms with Crippen LogP contribution in [-0.2, 0) is 13.7 Å². The standard InChI is InChI=1S/C14H16N2O/c1-9(2)11-5-4-6-12-13-10(7-15-16(13)3)8-17-14(11)12/h4-7,9H,8H2,1-3H3. The van der Waals surface area contributed by atoms with Gasteiger partial charge in [-0.2, -0.15) is 5.10 Å².